The van der Waals surface area contributed by atoms with Crippen LogP contribution in [0.1, 0.15) is 35.8 Å². The zero-order valence-corrected chi connectivity index (χ0v) is 15.9. The van der Waals surface area contributed by atoms with E-state index in [1.165, 1.54) is 31.8 Å². The molecule has 0 radical (unpaired) electrons. The molecule has 1 aromatic rings. The molecular formula is C22H22N2O4. The second kappa shape index (κ2) is 5.52. The molecule has 0 amide bonds. The first-order valence-electron chi connectivity index (χ1n) is 10.1. The van der Waals surface area contributed by atoms with Gasteiger partial charge in [-0.2, -0.15) is 0 Å². The van der Waals surface area contributed by atoms with Crippen LogP contribution >= 0.6 is 0 Å². The highest BCUT2D eigenvalue weighted by atomic mass is 16.5. The summed E-state index contributed by atoms with van der Waals surface area (Å²) in [6, 6.07) is 8.82. The molecule has 6 nitrogen and oxygen atoms in total. The lowest BCUT2D eigenvalue weighted by molar-refractivity contribution is -0.135. The molecule has 0 unspecified atom stereocenters. The summed E-state index contributed by atoms with van der Waals surface area (Å²) in [6.07, 6.45) is 2.22. The van der Waals surface area contributed by atoms with Crippen molar-refractivity contribution in [3.63, 3.8) is 0 Å². The Kier molecular flexibility index (Phi) is 3.24. The first-order valence-corrected chi connectivity index (χ1v) is 10.1. The lowest BCUT2D eigenvalue weighted by Gasteiger charge is -2.44. The molecule has 0 saturated heterocycles. The van der Waals surface area contributed by atoms with Gasteiger partial charge in [0, 0.05) is 11.8 Å². The average Bonchev–Trinajstić information content (AvgIpc) is 3.48. The third kappa shape index (κ3) is 1.79. The summed E-state index contributed by atoms with van der Waals surface area (Å²) in [6.45, 7) is 0. The van der Waals surface area contributed by atoms with Crippen molar-refractivity contribution in [1.82, 2.24) is 0 Å². The van der Waals surface area contributed by atoms with Gasteiger partial charge in [0.1, 0.15) is 0 Å². The second-order valence-electron chi connectivity index (χ2n) is 8.80. The van der Waals surface area contributed by atoms with E-state index >= 15 is 0 Å². The van der Waals surface area contributed by atoms with Crippen LogP contribution in [0.5, 0.6) is 0 Å². The summed E-state index contributed by atoms with van der Waals surface area (Å²) in [4.78, 5) is 24.9. The van der Waals surface area contributed by atoms with E-state index in [4.69, 9.17) is 9.47 Å². The maximum Gasteiger partial charge on any atom is 0.354 e. The summed E-state index contributed by atoms with van der Waals surface area (Å²) < 4.78 is 10.0. The number of ether oxygens (including phenoxy) is 2. The molecule has 6 heteroatoms. The summed E-state index contributed by atoms with van der Waals surface area (Å²) >= 11 is 0. The van der Waals surface area contributed by atoms with Gasteiger partial charge in [0.05, 0.1) is 14.2 Å². The Labute approximate surface area is 163 Å². The molecule has 1 aliphatic heterocycles. The van der Waals surface area contributed by atoms with Gasteiger partial charge in [-0.1, -0.05) is 24.3 Å². The second-order valence-corrected chi connectivity index (χ2v) is 8.80. The molecule has 4 bridgehead atoms. The first kappa shape index (κ1) is 16.5. The Morgan fingerprint density at radius 3 is 1.71 bits per heavy atom. The minimum Gasteiger partial charge on any atom is -0.464 e. The maximum absolute atomic E-state index is 12.4. The number of methoxy groups -OCH3 is 2. The SMILES string of the molecule is COC(=O)C1=NN=C(C(=O)OC)[C@H]2[C@H]3C[C@@H]([C@@H]12)[C@@H]1[C@H]3[C@H]2C[C@@H]1c1ccccc12. The van der Waals surface area contributed by atoms with Crippen LogP contribution < -0.4 is 0 Å². The van der Waals surface area contributed by atoms with Crippen LogP contribution in [0.25, 0.3) is 0 Å². The molecule has 0 N–H and O–H groups in total. The van der Waals surface area contributed by atoms with Gasteiger partial charge in [0.2, 0.25) is 0 Å². The minimum absolute atomic E-state index is 0.0863. The fraction of sp³-hybridized carbons (Fsp3) is 0.545. The molecule has 1 heterocycles. The highest BCUT2D eigenvalue weighted by Gasteiger charge is 2.69. The van der Waals surface area contributed by atoms with Crippen LogP contribution in [0.2, 0.25) is 0 Å². The van der Waals surface area contributed by atoms with Gasteiger partial charge in [-0.25, -0.2) is 9.59 Å². The molecule has 5 aliphatic rings. The Hall–Kier alpha value is -2.50. The zero-order chi connectivity index (χ0) is 19.2. The average molecular weight is 378 g/mol. The van der Waals surface area contributed by atoms with Crippen molar-refractivity contribution in [2.45, 2.75) is 24.7 Å². The highest BCUT2D eigenvalue weighted by molar-refractivity contribution is 6.43. The van der Waals surface area contributed by atoms with Crippen molar-refractivity contribution in [2.75, 3.05) is 14.2 Å². The van der Waals surface area contributed by atoms with Crippen molar-refractivity contribution in [3.8, 4) is 0 Å². The van der Waals surface area contributed by atoms with Gasteiger partial charge in [-0.05, 0) is 59.5 Å². The number of hydrogen-bond acceptors (Lipinski definition) is 6. The lowest BCUT2D eigenvalue weighted by Crippen LogP contribution is -2.49. The monoisotopic (exact) mass is 378 g/mol. The predicted molar refractivity (Wildman–Crippen MR) is 101 cm³/mol. The molecule has 8 atom stereocenters. The largest absolute Gasteiger partial charge is 0.464 e. The lowest BCUT2D eigenvalue weighted by atomic mass is 9.60. The van der Waals surface area contributed by atoms with Gasteiger partial charge in [0.25, 0.3) is 0 Å². The van der Waals surface area contributed by atoms with Crippen molar-refractivity contribution < 1.29 is 19.1 Å². The van der Waals surface area contributed by atoms with Crippen LogP contribution in [-0.2, 0) is 19.1 Å². The van der Waals surface area contributed by atoms with Gasteiger partial charge < -0.3 is 9.47 Å². The maximum atomic E-state index is 12.4. The Morgan fingerprint density at radius 1 is 0.821 bits per heavy atom. The number of nitrogens with zero attached hydrogens (tertiary/aromatic N) is 2. The highest BCUT2D eigenvalue weighted by Crippen LogP contribution is 2.74. The van der Waals surface area contributed by atoms with Gasteiger partial charge in [-0.15, -0.1) is 10.2 Å². The number of hydrogen-bond donors (Lipinski definition) is 0. The summed E-state index contributed by atoms with van der Waals surface area (Å²) in [5, 5.41) is 8.32. The number of benzene rings is 1. The van der Waals surface area contributed by atoms with E-state index in [9.17, 15) is 9.59 Å². The molecule has 6 rings (SSSR count). The van der Waals surface area contributed by atoms with Gasteiger partial charge in [-0.3, -0.25) is 0 Å². The van der Waals surface area contributed by atoms with Gasteiger partial charge >= 0.3 is 11.9 Å². The van der Waals surface area contributed by atoms with Crippen molar-refractivity contribution in [1.29, 1.82) is 0 Å². The molecule has 3 saturated carbocycles. The zero-order valence-electron chi connectivity index (χ0n) is 15.9. The van der Waals surface area contributed by atoms with E-state index in [1.54, 1.807) is 0 Å². The first-order chi connectivity index (χ1) is 13.7. The molecule has 1 aromatic carbocycles. The van der Waals surface area contributed by atoms with Crippen LogP contribution in [0.4, 0.5) is 0 Å². The molecule has 3 fully saturated rings. The van der Waals surface area contributed by atoms with E-state index in [0.29, 0.717) is 46.9 Å². The number of fused-ring (bicyclic) bond motifs is 15. The number of carbonyl (C=O) groups is 2. The van der Waals surface area contributed by atoms with Crippen molar-refractivity contribution >= 4 is 23.4 Å². The van der Waals surface area contributed by atoms with Crippen LogP contribution in [0, 0.1) is 35.5 Å². The summed E-state index contributed by atoms with van der Waals surface area (Å²) in [7, 11) is 2.76. The Bertz CT molecular complexity index is 892. The van der Waals surface area contributed by atoms with E-state index in [0.717, 1.165) is 6.42 Å². The third-order valence-corrected chi connectivity index (χ3v) is 8.21. The van der Waals surface area contributed by atoms with Crippen molar-refractivity contribution in [2.24, 2.45) is 45.7 Å². The topological polar surface area (TPSA) is 77.3 Å². The fourth-order valence-electron chi connectivity index (χ4n) is 7.63. The molecule has 0 spiro atoms. The number of carbonyl (C=O) groups excluding carboxylic acids is 2. The Morgan fingerprint density at radius 2 is 1.29 bits per heavy atom. The normalized spacial score (nSPS) is 40.9. The molecular weight excluding hydrogens is 356 g/mol. The van der Waals surface area contributed by atoms with E-state index in [1.807, 2.05) is 0 Å². The van der Waals surface area contributed by atoms with Gasteiger partial charge in [0.15, 0.2) is 11.4 Å². The molecule has 4 aliphatic carbocycles. The smallest absolute Gasteiger partial charge is 0.354 e. The standard InChI is InChI=1S/C22H22N2O4/c1-27-21(25)19-17-13-8-14(18(17)20(24-23-19)22(26)28-2)16-12-7-11(15(13)16)9-5-3-4-6-10(9)12/h3-6,11-18H,7-8H2,1-2H3/t11-,12+,13-,14+,15-,16+,17-,18+. The fourth-order valence-corrected chi connectivity index (χ4v) is 7.63. The predicted octanol–water partition coefficient (Wildman–Crippen LogP) is 2.54. The number of rotatable bonds is 2. The van der Waals surface area contributed by atoms with Crippen LogP contribution in [0.3, 0.4) is 0 Å². The molecule has 0 aromatic heterocycles. The minimum atomic E-state index is -0.421. The molecule has 28 heavy (non-hydrogen) atoms. The summed E-state index contributed by atoms with van der Waals surface area (Å²) in [5.74, 6) is 1.89. The van der Waals surface area contributed by atoms with E-state index in [2.05, 4.69) is 34.5 Å². The Balaban J connectivity index is 1.46. The molecule has 144 valence electrons. The summed E-state index contributed by atoms with van der Waals surface area (Å²) in [5.41, 5.74) is 3.77. The van der Waals surface area contributed by atoms with E-state index in [-0.39, 0.29) is 11.8 Å². The van der Waals surface area contributed by atoms with Crippen LogP contribution in [-0.4, -0.2) is 37.6 Å². The van der Waals surface area contributed by atoms with E-state index < -0.39 is 11.9 Å². The van der Waals surface area contributed by atoms with Crippen molar-refractivity contribution in [3.05, 3.63) is 35.4 Å². The third-order valence-electron chi connectivity index (χ3n) is 8.21. The quantitative estimate of drug-likeness (QED) is 0.585. The van der Waals surface area contributed by atoms with Crippen LogP contribution in [0.15, 0.2) is 34.5 Å². The number of esters is 2.